The average molecular weight is 349 g/mol. The zero-order valence-electron chi connectivity index (χ0n) is 14.9. The zero-order chi connectivity index (χ0) is 18.4. The normalized spacial score (nSPS) is 19.8. The van der Waals surface area contributed by atoms with Crippen LogP contribution in [0.1, 0.15) is 31.7 Å². The number of nitriles is 1. The van der Waals surface area contributed by atoms with E-state index < -0.39 is 5.41 Å². The van der Waals surface area contributed by atoms with E-state index in [0.29, 0.717) is 29.3 Å². The van der Waals surface area contributed by atoms with Gasteiger partial charge in [0.1, 0.15) is 11.5 Å². The van der Waals surface area contributed by atoms with E-state index in [9.17, 15) is 4.79 Å². The second-order valence-corrected chi connectivity index (χ2v) is 6.91. The van der Waals surface area contributed by atoms with E-state index in [1.165, 1.54) is 0 Å². The maximum absolute atomic E-state index is 12.8. The lowest BCUT2D eigenvalue weighted by Gasteiger charge is -2.26. The predicted octanol–water partition coefficient (Wildman–Crippen LogP) is 4.07. The van der Waals surface area contributed by atoms with Crippen molar-refractivity contribution < 1.29 is 9.53 Å². The Bertz CT molecular complexity index is 801. The summed E-state index contributed by atoms with van der Waals surface area (Å²) in [7, 11) is 0. The van der Waals surface area contributed by atoms with Crippen LogP contribution >= 0.6 is 0 Å². The van der Waals surface area contributed by atoms with E-state index >= 15 is 0 Å². The third-order valence-electron chi connectivity index (χ3n) is 4.71. The van der Waals surface area contributed by atoms with Gasteiger partial charge in [0.05, 0.1) is 17.0 Å². The van der Waals surface area contributed by atoms with Crippen LogP contribution < -0.4 is 15.4 Å². The van der Waals surface area contributed by atoms with Crippen LogP contribution in [0.4, 0.5) is 5.69 Å². The maximum Gasteiger partial charge on any atom is 0.231 e. The number of anilines is 1. The first kappa shape index (κ1) is 18.0. The van der Waals surface area contributed by atoms with Crippen molar-refractivity contribution in [2.45, 2.75) is 26.2 Å². The number of amides is 1. The fourth-order valence-electron chi connectivity index (χ4n) is 3.06. The molecule has 0 saturated carbocycles. The van der Waals surface area contributed by atoms with Crippen molar-refractivity contribution in [1.29, 1.82) is 5.26 Å². The maximum atomic E-state index is 12.8. The highest BCUT2D eigenvalue weighted by atomic mass is 16.5. The molecule has 134 valence electrons. The van der Waals surface area contributed by atoms with Crippen molar-refractivity contribution in [3.63, 3.8) is 0 Å². The van der Waals surface area contributed by atoms with Gasteiger partial charge < -0.3 is 15.4 Å². The van der Waals surface area contributed by atoms with Crippen molar-refractivity contribution in [3.8, 4) is 17.6 Å². The Hall–Kier alpha value is -2.84. The van der Waals surface area contributed by atoms with Crippen LogP contribution in [0.25, 0.3) is 0 Å². The number of rotatable bonds is 4. The number of benzene rings is 2. The molecule has 0 spiro atoms. The topological polar surface area (TPSA) is 74.1 Å². The van der Waals surface area contributed by atoms with E-state index in [1.54, 1.807) is 24.3 Å². The number of carbonyl (C=O) groups is 1. The number of hydrogen-bond donors (Lipinski definition) is 2. The van der Waals surface area contributed by atoms with Gasteiger partial charge in [-0.25, -0.2) is 0 Å². The first-order chi connectivity index (χ1) is 12.6. The van der Waals surface area contributed by atoms with Crippen LogP contribution in [0.5, 0.6) is 11.5 Å². The Labute approximate surface area is 154 Å². The van der Waals surface area contributed by atoms with E-state index in [0.717, 1.165) is 25.8 Å². The van der Waals surface area contributed by atoms with Crippen LogP contribution in [-0.4, -0.2) is 19.0 Å². The number of nitrogens with one attached hydrogen (secondary N) is 2. The lowest BCUT2D eigenvalue weighted by Crippen LogP contribution is -2.40. The first-order valence-corrected chi connectivity index (χ1v) is 8.89. The molecule has 5 heteroatoms. The molecule has 5 nitrogen and oxygen atoms in total. The van der Waals surface area contributed by atoms with Gasteiger partial charge in [-0.05, 0) is 62.7 Å². The van der Waals surface area contributed by atoms with Gasteiger partial charge in [-0.3, -0.25) is 4.79 Å². The quantitative estimate of drug-likeness (QED) is 0.872. The molecule has 0 aromatic heterocycles. The van der Waals surface area contributed by atoms with Crippen LogP contribution in [0, 0.1) is 16.7 Å². The van der Waals surface area contributed by atoms with Crippen LogP contribution in [-0.2, 0) is 4.79 Å². The summed E-state index contributed by atoms with van der Waals surface area (Å²) >= 11 is 0. The standard InChI is InChI=1S/C21H23N3O2/c1-21(11-2-3-12-23-15-21)20(25)24-17-5-4-6-19(13-17)26-18-9-7-16(14-22)8-10-18/h4-10,13,23H,2-3,11-12,15H2,1H3,(H,24,25)/t21-/m0/s1. The van der Waals surface area contributed by atoms with Crippen LogP contribution in [0.15, 0.2) is 48.5 Å². The molecule has 0 bridgehead atoms. The van der Waals surface area contributed by atoms with E-state index in [1.807, 2.05) is 31.2 Å². The van der Waals surface area contributed by atoms with Crippen molar-refractivity contribution in [2.75, 3.05) is 18.4 Å². The molecule has 2 aromatic rings. The molecular weight excluding hydrogens is 326 g/mol. The largest absolute Gasteiger partial charge is 0.457 e. The van der Waals surface area contributed by atoms with Crippen molar-refractivity contribution >= 4 is 11.6 Å². The summed E-state index contributed by atoms with van der Waals surface area (Å²) in [6, 6.07) is 16.4. The molecule has 3 rings (SSSR count). The van der Waals surface area contributed by atoms with Gasteiger partial charge in [0.2, 0.25) is 5.91 Å². The smallest absolute Gasteiger partial charge is 0.231 e. The Morgan fingerprint density at radius 2 is 2.00 bits per heavy atom. The summed E-state index contributed by atoms with van der Waals surface area (Å²) in [5.74, 6) is 1.31. The molecule has 26 heavy (non-hydrogen) atoms. The summed E-state index contributed by atoms with van der Waals surface area (Å²) in [5.41, 5.74) is 0.899. The Morgan fingerprint density at radius 3 is 2.77 bits per heavy atom. The second kappa shape index (κ2) is 8.03. The number of hydrogen-bond acceptors (Lipinski definition) is 4. The average Bonchev–Trinajstić information content (AvgIpc) is 2.88. The Kier molecular flexibility index (Phi) is 5.55. The van der Waals surface area contributed by atoms with E-state index in [-0.39, 0.29) is 5.91 Å². The molecule has 1 aliphatic rings. The van der Waals surface area contributed by atoms with E-state index in [2.05, 4.69) is 16.7 Å². The predicted molar refractivity (Wildman–Crippen MR) is 101 cm³/mol. The summed E-state index contributed by atoms with van der Waals surface area (Å²) in [6.45, 7) is 3.68. The summed E-state index contributed by atoms with van der Waals surface area (Å²) in [4.78, 5) is 12.8. The monoisotopic (exact) mass is 349 g/mol. The fraction of sp³-hybridized carbons (Fsp3) is 0.333. The first-order valence-electron chi connectivity index (χ1n) is 8.89. The van der Waals surface area contributed by atoms with Gasteiger partial charge in [-0.2, -0.15) is 5.26 Å². The fourth-order valence-corrected chi connectivity index (χ4v) is 3.06. The van der Waals surface area contributed by atoms with Crippen LogP contribution in [0.2, 0.25) is 0 Å². The van der Waals surface area contributed by atoms with Crippen molar-refractivity contribution in [3.05, 3.63) is 54.1 Å². The third kappa shape index (κ3) is 4.41. The molecule has 1 saturated heterocycles. The van der Waals surface area contributed by atoms with Crippen LogP contribution in [0.3, 0.4) is 0 Å². The summed E-state index contributed by atoms with van der Waals surface area (Å²) in [5, 5.41) is 15.2. The van der Waals surface area contributed by atoms with Gasteiger partial charge in [0, 0.05) is 18.3 Å². The molecule has 1 aliphatic heterocycles. The van der Waals surface area contributed by atoms with Gasteiger partial charge in [-0.15, -0.1) is 0 Å². The molecule has 0 unspecified atom stereocenters. The minimum absolute atomic E-state index is 0.0300. The molecule has 1 atom stereocenters. The number of nitrogens with zero attached hydrogens (tertiary/aromatic N) is 1. The van der Waals surface area contributed by atoms with E-state index in [4.69, 9.17) is 10.00 Å². The highest BCUT2D eigenvalue weighted by Gasteiger charge is 2.33. The summed E-state index contributed by atoms with van der Waals surface area (Å²) in [6.07, 6.45) is 3.04. The molecule has 1 amide bonds. The Balaban J connectivity index is 1.68. The highest BCUT2D eigenvalue weighted by Crippen LogP contribution is 2.29. The minimum atomic E-state index is -0.402. The molecular formula is C21H23N3O2. The highest BCUT2D eigenvalue weighted by molar-refractivity contribution is 5.95. The molecule has 1 fully saturated rings. The minimum Gasteiger partial charge on any atom is -0.457 e. The van der Waals surface area contributed by atoms with Gasteiger partial charge >= 0.3 is 0 Å². The number of carbonyl (C=O) groups excluding carboxylic acids is 1. The Morgan fingerprint density at radius 1 is 1.19 bits per heavy atom. The van der Waals surface area contributed by atoms with Crippen molar-refractivity contribution in [2.24, 2.45) is 5.41 Å². The molecule has 1 heterocycles. The lowest BCUT2D eigenvalue weighted by molar-refractivity contribution is -0.124. The second-order valence-electron chi connectivity index (χ2n) is 6.91. The molecule has 0 aliphatic carbocycles. The molecule has 2 N–H and O–H groups in total. The number of ether oxygens (including phenoxy) is 1. The van der Waals surface area contributed by atoms with Gasteiger partial charge in [-0.1, -0.05) is 12.5 Å². The lowest BCUT2D eigenvalue weighted by atomic mass is 9.84. The molecule has 2 aromatic carbocycles. The van der Waals surface area contributed by atoms with Crippen molar-refractivity contribution in [1.82, 2.24) is 5.32 Å². The molecule has 0 radical (unpaired) electrons. The van der Waals surface area contributed by atoms with Gasteiger partial charge in [0.25, 0.3) is 0 Å². The third-order valence-corrected chi connectivity index (χ3v) is 4.71. The summed E-state index contributed by atoms with van der Waals surface area (Å²) < 4.78 is 5.82. The zero-order valence-corrected chi connectivity index (χ0v) is 14.9. The SMILES string of the molecule is C[C@]1(C(=O)Nc2cccc(Oc3ccc(C#N)cc3)c2)CCCCNC1. The van der Waals surface area contributed by atoms with Gasteiger partial charge in [0.15, 0.2) is 0 Å².